The van der Waals surface area contributed by atoms with Crippen LogP contribution in [-0.4, -0.2) is 57.7 Å². The number of rotatable bonds is 6. The van der Waals surface area contributed by atoms with Crippen LogP contribution in [0.5, 0.6) is 0 Å². The maximum atomic E-state index is 12.1. The smallest absolute Gasteiger partial charge is 0.227 e. The number of likely N-dealkylation sites (N-methyl/N-ethyl adjacent to an activating group) is 1. The largest absolute Gasteiger partial charge is 0.379 e. The number of sulfone groups is 1. The molecule has 0 bridgehead atoms. The van der Waals surface area contributed by atoms with Crippen LogP contribution >= 0.6 is 0 Å². The van der Waals surface area contributed by atoms with Crippen LogP contribution in [0.3, 0.4) is 0 Å². The molecule has 19 heavy (non-hydrogen) atoms. The van der Waals surface area contributed by atoms with Crippen LogP contribution in [0, 0.1) is 5.92 Å². The lowest BCUT2D eigenvalue weighted by Crippen LogP contribution is -2.49. The van der Waals surface area contributed by atoms with Crippen LogP contribution in [0.2, 0.25) is 0 Å². The van der Waals surface area contributed by atoms with E-state index in [1.54, 1.807) is 13.8 Å². The Bertz CT molecular complexity index is 419. The monoisotopic (exact) mass is 292 g/mol. The number of nitrogens with one attached hydrogen (secondary N) is 2. The summed E-state index contributed by atoms with van der Waals surface area (Å²) in [6.45, 7) is 6.96. The fraction of sp³-hybridized carbons (Fsp3) is 0.917. The highest BCUT2D eigenvalue weighted by Gasteiger charge is 2.36. The Hall–Kier alpha value is -0.660. The average Bonchev–Trinajstić information content (AvgIpc) is 2.73. The minimum atomic E-state index is -3.21. The van der Waals surface area contributed by atoms with Gasteiger partial charge in [0.1, 0.15) is 0 Å². The molecule has 2 unspecified atom stereocenters. The molecule has 0 aromatic heterocycles. The molecule has 0 aromatic rings. The third-order valence-corrected chi connectivity index (χ3v) is 5.73. The molecule has 1 aliphatic heterocycles. The highest BCUT2D eigenvalue weighted by Crippen LogP contribution is 2.16. The zero-order valence-corrected chi connectivity index (χ0v) is 12.8. The van der Waals surface area contributed by atoms with Crippen molar-refractivity contribution in [3.63, 3.8) is 0 Å². The molecule has 1 aliphatic rings. The van der Waals surface area contributed by atoms with Crippen molar-refractivity contribution in [3.8, 4) is 0 Å². The summed E-state index contributed by atoms with van der Waals surface area (Å²) < 4.78 is 27.5. The van der Waals surface area contributed by atoms with Crippen LogP contribution < -0.4 is 10.6 Å². The van der Waals surface area contributed by atoms with Crippen molar-refractivity contribution in [2.45, 2.75) is 31.6 Å². The van der Waals surface area contributed by atoms with E-state index in [0.29, 0.717) is 13.2 Å². The van der Waals surface area contributed by atoms with Crippen LogP contribution in [0.1, 0.15) is 20.8 Å². The Morgan fingerprint density at radius 2 is 2.00 bits per heavy atom. The Morgan fingerprint density at radius 3 is 2.53 bits per heavy atom. The molecule has 7 heteroatoms. The molecular weight excluding hydrogens is 268 g/mol. The van der Waals surface area contributed by atoms with E-state index >= 15 is 0 Å². The molecular formula is C12H24N2O4S. The predicted octanol–water partition coefficient (Wildman–Crippen LogP) is -0.450. The zero-order valence-electron chi connectivity index (χ0n) is 12.0. The second-order valence-electron chi connectivity index (χ2n) is 5.56. The number of hydrogen-bond donors (Lipinski definition) is 2. The first-order valence-corrected chi connectivity index (χ1v) is 8.36. The first kappa shape index (κ1) is 16.4. The van der Waals surface area contributed by atoms with Gasteiger partial charge >= 0.3 is 0 Å². The van der Waals surface area contributed by atoms with Gasteiger partial charge in [0.05, 0.1) is 23.9 Å². The minimum Gasteiger partial charge on any atom is -0.379 e. The highest BCUT2D eigenvalue weighted by molar-refractivity contribution is 7.92. The van der Waals surface area contributed by atoms with E-state index in [0.717, 1.165) is 6.54 Å². The summed E-state index contributed by atoms with van der Waals surface area (Å²) in [4.78, 5) is 12.1. The van der Waals surface area contributed by atoms with Crippen LogP contribution in [-0.2, 0) is 19.4 Å². The summed E-state index contributed by atoms with van der Waals surface area (Å²) in [5.74, 6) is -0.407. The van der Waals surface area contributed by atoms with Crippen molar-refractivity contribution >= 4 is 15.7 Å². The van der Waals surface area contributed by atoms with E-state index in [2.05, 4.69) is 10.6 Å². The fourth-order valence-electron chi connectivity index (χ4n) is 1.84. The van der Waals surface area contributed by atoms with Gasteiger partial charge in [0, 0.05) is 18.8 Å². The summed E-state index contributed by atoms with van der Waals surface area (Å²) >= 11 is 0. The number of hydrogen-bond acceptors (Lipinski definition) is 5. The lowest BCUT2D eigenvalue weighted by atomic mass is 10.0. The van der Waals surface area contributed by atoms with E-state index in [4.69, 9.17) is 4.74 Å². The number of ether oxygens (including phenoxy) is 1. The van der Waals surface area contributed by atoms with Crippen molar-refractivity contribution in [1.82, 2.24) is 10.6 Å². The molecule has 6 nitrogen and oxygen atoms in total. The zero-order chi connectivity index (χ0) is 14.7. The second-order valence-corrected chi connectivity index (χ2v) is 8.21. The van der Waals surface area contributed by atoms with Gasteiger partial charge in [-0.1, -0.05) is 6.92 Å². The van der Waals surface area contributed by atoms with E-state index in [1.807, 2.05) is 6.92 Å². The number of carbonyl (C=O) groups excluding carboxylic acids is 1. The van der Waals surface area contributed by atoms with Gasteiger partial charge in [-0.25, -0.2) is 8.42 Å². The Morgan fingerprint density at radius 1 is 1.37 bits per heavy atom. The summed E-state index contributed by atoms with van der Waals surface area (Å²) in [7, 11) is -3.21. The van der Waals surface area contributed by atoms with Gasteiger partial charge in [0.25, 0.3) is 0 Å². The van der Waals surface area contributed by atoms with Gasteiger partial charge in [-0.2, -0.15) is 0 Å². The molecule has 0 radical (unpaired) electrons. The lowest BCUT2D eigenvalue weighted by molar-refractivity contribution is -0.125. The van der Waals surface area contributed by atoms with E-state index in [1.165, 1.54) is 6.26 Å². The van der Waals surface area contributed by atoms with Crippen LogP contribution in [0.15, 0.2) is 0 Å². The van der Waals surface area contributed by atoms with Crippen molar-refractivity contribution in [2.24, 2.45) is 5.92 Å². The molecule has 1 saturated heterocycles. The third kappa shape index (κ3) is 4.15. The maximum absolute atomic E-state index is 12.1. The summed E-state index contributed by atoms with van der Waals surface area (Å²) in [5.41, 5.74) is 0. The molecule has 0 spiro atoms. The molecule has 112 valence electrons. The third-order valence-electron chi connectivity index (χ3n) is 3.58. The quantitative estimate of drug-likeness (QED) is 0.693. The van der Waals surface area contributed by atoms with Gasteiger partial charge in [0.15, 0.2) is 9.84 Å². The highest BCUT2D eigenvalue weighted by atomic mass is 32.2. The van der Waals surface area contributed by atoms with E-state index < -0.39 is 14.6 Å². The molecule has 0 aromatic carbocycles. The van der Waals surface area contributed by atoms with Crippen molar-refractivity contribution < 1.29 is 17.9 Å². The average molecular weight is 292 g/mol. The normalized spacial score (nSPS) is 24.4. The predicted molar refractivity (Wildman–Crippen MR) is 73.7 cm³/mol. The standard InChI is InChI=1S/C12H24N2O4S/c1-5-13-10-7-18-6-9(10)11(15)14-8-12(2,3)19(4,16)17/h9-10,13H,5-8H2,1-4H3,(H,14,15). The minimum absolute atomic E-state index is 0.00588. The van der Waals surface area contributed by atoms with Crippen molar-refractivity contribution in [1.29, 1.82) is 0 Å². The van der Waals surface area contributed by atoms with E-state index in [9.17, 15) is 13.2 Å². The van der Waals surface area contributed by atoms with Crippen LogP contribution in [0.4, 0.5) is 0 Å². The topological polar surface area (TPSA) is 84.5 Å². The molecule has 1 heterocycles. The molecule has 1 amide bonds. The molecule has 1 rings (SSSR count). The van der Waals surface area contributed by atoms with Gasteiger partial charge in [0.2, 0.25) is 5.91 Å². The SMILES string of the molecule is CCNC1COCC1C(=O)NCC(C)(C)S(C)(=O)=O. The van der Waals surface area contributed by atoms with Crippen molar-refractivity contribution in [3.05, 3.63) is 0 Å². The van der Waals surface area contributed by atoms with Crippen LogP contribution in [0.25, 0.3) is 0 Å². The molecule has 0 aliphatic carbocycles. The number of carbonyl (C=O) groups is 1. The van der Waals surface area contributed by atoms with Gasteiger partial charge in [-0.05, 0) is 20.4 Å². The first-order chi connectivity index (χ1) is 8.69. The molecule has 2 N–H and O–H groups in total. The first-order valence-electron chi connectivity index (χ1n) is 6.47. The van der Waals surface area contributed by atoms with Gasteiger partial charge in [-0.3, -0.25) is 4.79 Å². The van der Waals surface area contributed by atoms with Crippen molar-refractivity contribution in [2.75, 3.05) is 32.6 Å². The van der Waals surface area contributed by atoms with Gasteiger partial charge < -0.3 is 15.4 Å². The Labute approximate surface area is 115 Å². The Balaban J connectivity index is 2.56. The lowest BCUT2D eigenvalue weighted by Gasteiger charge is -2.24. The maximum Gasteiger partial charge on any atom is 0.227 e. The van der Waals surface area contributed by atoms with E-state index in [-0.39, 0.29) is 24.4 Å². The Kier molecular flexibility index (Phi) is 5.34. The molecule has 0 saturated carbocycles. The second kappa shape index (κ2) is 6.19. The molecule has 2 atom stereocenters. The molecule has 1 fully saturated rings. The summed E-state index contributed by atoms with van der Waals surface area (Å²) in [6, 6.07) is 0.00588. The fourth-order valence-corrected chi connectivity index (χ4v) is 2.17. The summed E-state index contributed by atoms with van der Waals surface area (Å²) in [5, 5.41) is 5.92. The summed E-state index contributed by atoms with van der Waals surface area (Å²) in [6.07, 6.45) is 1.18. The number of amides is 1. The van der Waals surface area contributed by atoms with Gasteiger partial charge in [-0.15, -0.1) is 0 Å².